The standard InChI is InChI=1S/C19H23N5O/c25-19(22-15-3-4-15)23-16-7-10-18(20-13-16)21-14-5-8-17(9-6-14)24-11-1-2-12-24/h5-10,13,15H,1-4,11-12H2,(H,20,21)(H2,22,23,25). The summed E-state index contributed by atoms with van der Waals surface area (Å²) >= 11 is 0. The van der Waals surface area contributed by atoms with Gasteiger partial charge in [0.15, 0.2) is 0 Å². The second-order valence-electron chi connectivity index (χ2n) is 6.67. The number of anilines is 4. The Morgan fingerprint density at radius 1 is 1.00 bits per heavy atom. The molecule has 2 amide bonds. The minimum absolute atomic E-state index is 0.164. The number of hydrogen-bond acceptors (Lipinski definition) is 4. The highest BCUT2D eigenvalue weighted by molar-refractivity contribution is 5.89. The average molecular weight is 337 g/mol. The zero-order valence-corrected chi connectivity index (χ0v) is 14.2. The van der Waals surface area contributed by atoms with Crippen LogP contribution in [0.25, 0.3) is 0 Å². The molecule has 6 heteroatoms. The lowest BCUT2D eigenvalue weighted by Gasteiger charge is -2.17. The van der Waals surface area contributed by atoms with Crippen molar-refractivity contribution in [2.75, 3.05) is 28.6 Å². The Bertz CT molecular complexity index is 718. The van der Waals surface area contributed by atoms with Gasteiger partial charge in [-0.25, -0.2) is 9.78 Å². The van der Waals surface area contributed by atoms with Gasteiger partial charge in [-0.3, -0.25) is 0 Å². The first-order valence-corrected chi connectivity index (χ1v) is 8.92. The van der Waals surface area contributed by atoms with Crippen molar-refractivity contribution in [3.05, 3.63) is 42.6 Å². The molecule has 1 saturated heterocycles. The number of aromatic nitrogens is 1. The Morgan fingerprint density at radius 2 is 1.72 bits per heavy atom. The Kier molecular flexibility index (Phi) is 4.41. The molecule has 3 N–H and O–H groups in total. The van der Waals surface area contributed by atoms with Gasteiger partial charge in [-0.15, -0.1) is 0 Å². The second-order valence-corrected chi connectivity index (χ2v) is 6.67. The predicted octanol–water partition coefficient (Wildman–Crippen LogP) is 3.71. The monoisotopic (exact) mass is 337 g/mol. The van der Waals surface area contributed by atoms with E-state index in [1.54, 1.807) is 6.20 Å². The molecule has 0 bridgehead atoms. The van der Waals surface area contributed by atoms with Crippen LogP contribution in [0.2, 0.25) is 0 Å². The molecule has 0 unspecified atom stereocenters. The van der Waals surface area contributed by atoms with Gasteiger partial charge in [0.05, 0.1) is 11.9 Å². The van der Waals surface area contributed by atoms with E-state index in [1.807, 2.05) is 12.1 Å². The summed E-state index contributed by atoms with van der Waals surface area (Å²) in [6, 6.07) is 12.3. The zero-order chi connectivity index (χ0) is 17.1. The number of nitrogens with one attached hydrogen (secondary N) is 3. The maximum Gasteiger partial charge on any atom is 0.319 e. The fourth-order valence-electron chi connectivity index (χ4n) is 3.00. The van der Waals surface area contributed by atoms with Crippen molar-refractivity contribution in [2.45, 2.75) is 31.7 Å². The van der Waals surface area contributed by atoms with Crippen molar-refractivity contribution in [3.8, 4) is 0 Å². The number of urea groups is 1. The van der Waals surface area contributed by atoms with Gasteiger partial charge in [-0.05, 0) is 62.1 Å². The second kappa shape index (κ2) is 7.01. The molecule has 2 fully saturated rings. The summed E-state index contributed by atoms with van der Waals surface area (Å²) in [6.45, 7) is 2.30. The highest BCUT2D eigenvalue weighted by atomic mass is 16.2. The molecule has 1 saturated carbocycles. The van der Waals surface area contributed by atoms with Crippen LogP contribution in [0.1, 0.15) is 25.7 Å². The molecule has 0 atom stereocenters. The van der Waals surface area contributed by atoms with Crippen LogP contribution in [0.4, 0.5) is 27.7 Å². The molecule has 0 radical (unpaired) electrons. The van der Waals surface area contributed by atoms with Crippen molar-refractivity contribution in [2.24, 2.45) is 0 Å². The SMILES string of the molecule is O=C(Nc1ccc(Nc2ccc(N3CCCC3)cc2)nc1)NC1CC1. The highest BCUT2D eigenvalue weighted by Crippen LogP contribution is 2.24. The third-order valence-corrected chi connectivity index (χ3v) is 4.54. The van der Waals surface area contributed by atoms with Crippen molar-refractivity contribution in [1.82, 2.24) is 10.3 Å². The lowest BCUT2D eigenvalue weighted by Crippen LogP contribution is -2.30. The fourth-order valence-corrected chi connectivity index (χ4v) is 3.00. The molecule has 1 aromatic carbocycles. The topological polar surface area (TPSA) is 69.3 Å². The first kappa shape index (κ1) is 15.7. The molecule has 130 valence electrons. The van der Waals surface area contributed by atoms with Gasteiger partial charge in [0, 0.05) is 30.5 Å². The van der Waals surface area contributed by atoms with Gasteiger partial charge in [0.25, 0.3) is 0 Å². The number of rotatable bonds is 5. The third kappa shape index (κ3) is 4.21. The summed E-state index contributed by atoms with van der Waals surface area (Å²) in [7, 11) is 0. The maximum atomic E-state index is 11.7. The van der Waals surface area contributed by atoms with Crippen molar-refractivity contribution in [1.29, 1.82) is 0 Å². The van der Waals surface area contributed by atoms with E-state index < -0.39 is 0 Å². The van der Waals surface area contributed by atoms with Gasteiger partial charge in [0.1, 0.15) is 5.82 Å². The summed E-state index contributed by atoms with van der Waals surface area (Å²) in [5.41, 5.74) is 2.97. The number of carbonyl (C=O) groups excluding carboxylic acids is 1. The van der Waals surface area contributed by atoms with E-state index >= 15 is 0 Å². The van der Waals surface area contributed by atoms with Crippen molar-refractivity contribution < 1.29 is 4.79 Å². The average Bonchev–Trinajstić information content (AvgIpc) is 3.26. The molecule has 1 aromatic heterocycles. The van der Waals surface area contributed by atoms with Gasteiger partial charge >= 0.3 is 6.03 Å². The number of nitrogens with zero attached hydrogens (tertiary/aromatic N) is 2. The summed E-state index contributed by atoms with van der Waals surface area (Å²) < 4.78 is 0. The van der Waals surface area contributed by atoms with Crippen LogP contribution in [-0.2, 0) is 0 Å². The van der Waals surface area contributed by atoms with Crippen LogP contribution in [-0.4, -0.2) is 30.1 Å². The molecular weight excluding hydrogens is 314 g/mol. The van der Waals surface area contributed by atoms with Crippen molar-refractivity contribution in [3.63, 3.8) is 0 Å². The molecule has 2 aliphatic rings. The van der Waals surface area contributed by atoms with E-state index in [0.717, 1.165) is 37.4 Å². The van der Waals surface area contributed by atoms with E-state index in [-0.39, 0.29) is 6.03 Å². The van der Waals surface area contributed by atoms with E-state index in [9.17, 15) is 4.79 Å². The molecule has 2 aromatic rings. The summed E-state index contributed by atoms with van der Waals surface area (Å²) in [5.74, 6) is 0.752. The summed E-state index contributed by atoms with van der Waals surface area (Å²) in [6.07, 6.45) is 6.37. The lowest BCUT2D eigenvalue weighted by molar-refractivity contribution is 0.251. The molecule has 2 heterocycles. The number of pyridine rings is 1. The fraction of sp³-hybridized carbons (Fsp3) is 0.368. The molecular formula is C19H23N5O. The highest BCUT2D eigenvalue weighted by Gasteiger charge is 2.23. The Labute approximate surface area is 147 Å². The number of benzene rings is 1. The molecule has 4 rings (SSSR count). The van der Waals surface area contributed by atoms with E-state index in [1.165, 1.54) is 18.5 Å². The largest absolute Gasteiger partial charge is 0.372 e. The Hall–Kier alpha value is -2.76. The summed E-state index contributed by atoms with van der Waals surface area (Å²) in [4.78, 5) is 18.5. The minimum atomic E-state index is -0.164. The Morgan fingerprint density at radius 3 is 2.36 bits per heavy atom. The number of hydrogen-bond donors (Lipinski definition) is 3. The smallest absolute Gasteiger partial charge is 0.319 e. The van der Waals surface area contributed by atoms with Gasteiger partial charge < -0.3 is 20.9 Å². The lowest BCUT2D eigenvalue weighted by atomic mass is 10.2. The molecule has 1 aliphatic heterocycles. The first-order valence-electron chi connectivity index (χ1n) is 8.92. The van der Waals surface area contributed by atoms with Crippen LogP contribution in [0.3, 0.4) is 0 Å². The molecule has 25 heavy (non-hydrogen) atoms. The zero-order valence-electron chi connectivity index (χ0n) is 14.2. The number of amides is 2. The van der Waals surface area contributed by atoms with Crippen molar-refractivity contribution >= 4 is 28.9 Å². The minimum Gasteiger partial charge on any atom is -0.372 e. The van der Waals surface area contributed by atoms with Crippen LogP contribution < -0.4 is 20.9 Å². The Balaban J connectivity index is 1.33. The van der Waals surface area contributed by atoms with E-state index in [0.29, 0.717) is 11.7 Å². The van der Waals surface area contributed by atoms with E-state index in [4.69, 9.17) is 0 Å². The molecule has 1 aliphatic carbocycles. The molecule has 0 spiro atoms. The predicted molar refractivity (Wildman–Crippen MR) is 101 cm³/mol. The quantitative estimate of drug-likeness (QED) is 0.778. The van der Waals surface area contributed by atoms with Gasteiger partial charge in [0.2, 0.25) is 0 Å². The molecule has 6 nitrogen and oxygen atoms in total. The third-order valence-electron chi connectivity index (χ3n) is 4.54. The van der Waals surface area contributed by atoms with Crippen LogP contribution in [0.15, 0.2) is 42.6 Å². The van der Waals surface area contributed by atoms with Crippen LogP contribution in [0, 0.1) is 0 Å². The normalized spacial score (nSPS) is 16.6. The van der Waals surface area contributed by atoms with Gasteiger partial charge in [-0.1, -0.05) is 0 Å². The van der Waals surface area contributed by atoms with Crippen LogP contribution in [0.5, 0.6) is 0 Å². The summed E-state index contributed by atoms with van der Waals surface area (Å²) in [5, 5.41) is 8.97. The number of carbonyl (C=O) groups is 1. The van der Waals surface area contributed by atoms with E-state index in [2.05, 4.69) is 50.1 Å². The maximum absolute atomic E-state index is 11.7. The first-order chi connectivity index (χ1) is 12.3. The van der Waals surface area contributed by atoms with Crippen LogP contribution >= 0.6 is 0 Å². The van der Waals surface area contributed by atoms with Gasteiger partial charge in [-0.2, -0.15) is 0 Å².